The Morgan fingerprint density at radius 3 is 1.73 bits per heavy atom. The molecule has 4 rings (SSSR count). The van der Waals surface area contributed by atoms with Crippen LogP contribution in [0.3, 0.4) is 0 Å². The standard InChI is InChI=1S/C52H73N13O11S2/c1-26(30-12-7-6-8-13-30)39(53)48(74)62-38(25-77)47(73)60-36(22-29-17-19-32(68)20-18-29)45(71)61-37(23-31-24-58-34-15-10-9-14-33(31)34)46(72)59-35(16-11-21-57-51(55)56)44(70)64-41(28(3)67)49(75)65-42(52(4,5)78)50(76)63-40(27(2)66)43(54)69/h6-10,12-15,17-20,24,26-28,35-42,58,66-68,77-78H,11,16,21-23,25,53H2,1-5H3,(H2,54,69)(H,59,72)(H,60,73)(H,61,71)(H,62,74)(H,63,76)(H,64,70)(H,65,75)(H4,55,56,57)/t26-,27-,28-,35+,36+,37-,38+,39-,40+,41+,42-/m1/s1. The number of phenols is 1. The van der Waals surface area contributed by atoms with Crippen LogP contribution in [0, 0.1) is 0 Å². The van der Waals surface area contributed by atoms with Crippen LogP contribution in [0.25, 0.3) is 10.9 Å². The van der Waals surface area contributed by atoms with Gasteiger partial charge in [0.25, 0.3) is 0 Å². The summed E-state index contributed by atoms with van der Waals surface area (Å²) in [5.74, 6) is -8.40. The molecule has 0 saturated carbocycles. The number of aliphatic hydroxyl groups is 2. The second kappa shape index (κ2) is 29.4. The van der Waals surface area contributed by atoms with Gasteiger partial charge in [0.1, 0.15) is 48.0 Å². The van der Waals surface area contributed by atoms with Crippen LogP contribution in [0.1, 0.15) is 70.1 Å². The monoisotopic (exact) mass is 1120 g/mol. The van der Waals surface area contributed by atoms with Crippen molar-refractivity contribution in [1.29, 1.82) is 0 Å². The Hall–Kier alpha value is -7.39. The number of nitrogens with one attached hydrogen (secondary N) is 8. The molecule has 0 spiro atoms. The molecule has 19 N–H and O–H groups in total. The molecule has 3 aromatic carbocycles. The van der Waals surface area contributed by atoms with Crippen molar-refractivity contribution in [3.8, 4) is 5.75 Å². The van der Waals surface area contributed by atoms with Gasteiger partial charge >= 0.3 is 0 Å². The summed E-state index contributed by atoms with van der Waals surface area (Å²) in [5, 5.41) is 49.6. The molecule has 4 aromatic rings. The number of hydrogen-bond donors (Lipinski definition) is 17. The number of carbonyl (C=O) groups excluding carboxylic acids is 8. The fraction of sp³-hybridized carbons (Fsp3) is 0.442. The lowest BCUT2D eigenvalue weighted by atomic mass is 9.93. The molecule has 0 aliphatic heterocycles. The van der Waals surface area contributed by atoms with Gasteiger partial charge < -0.3 is 80.5 Å². The first-order chi connectivity index (χ1) is 36.7. The third-order valence-electron chi connectivity index (χ3n) is 12.7. The molecule has 26 heteroatoms. The van der Waals surface area contributed by atoms with Crippen LogP contribution in [-0.4, -0.2) is 151 Å². The minimum Gasteiger partial charge on any atom is -0.508 e. The maximum atomic E-state index is 14.8. The lowest BCUT2D eigenvalue weighted by molar-refractivity contribution is -0.137. The molecule has 424 valence electrons. The van der Waals surface area contributed by atoms with E-state index in [2.05, 4.69) is 72.5 Å². The van der Waals surface area contributed by atoms with Gasteiger partial charge in [-0.15, -0.1) is 0 Å². The highest BCUT2D eigenvalue weighted by Gasteiger charge is 2.40. The summed E-state index contributed by atoms with van der Waals surface area (Å²) < 4.78 is -1.36. The predicted octanol–water partition coefficient (Wildman–Crippen LogP) is -1.88. The summed E-state index contributed by atoms with van der Waals surface area (Å²) in [6.45, 7) is 7.06. The van der Waals surface area contributed by atoms with Crippen molar-refractivity contribution in [2.24, 2.45) is 27.9 Å². The molecule has 78 heavy (non-hydrogen) atoms. The molecule has 0 unspecified atom stereocenters. The van der Waals surface area contributed by atoms with Gasteiger partial charge in [-0.2, -0.15) is 25.3 Å². The topological polar surface area (TPSA) is 414 Å². The molecule has 0 fully saturated rings. The Morgan fingerprint density at radius 1 is 0.641 bits per heavy atom. The smallest absolute Gasteiger partial charge is 0.245 e. The molecule has 0 aliphatic carbocycles. The number of para-hydroxylation sites is 1. The van der Waals surface area contributed by atoms with Crippen LogP contribution in [0.2, 0.25) is 0 Å². The fourth-order valence-electron chi connectivity index (χ4n) is 8.17. The highest BCUT2D eigenvalue weighted by atomic mass is 32.1. The van der Waals surface area contributed by atoms with E-state index in [0.29, 0.717) is 22.0 Å². The minimum absolute atomic E-state index is 0.0191. The van der Waals surface area contributed by atoms with Crippen LogP contribution in [-0.2, 0) is 51.2 Å². The van der Waals surface area contributed by atoms with E-state index in [1.54, 1.807) is 49.5 Å². The van der Waals surface area contributed by atoms with Crippen LogP contribution in [0.5, 0.6) is 5.75 Å². The lowest BCUT2D eigenvalue weighted by Crippen LogP contribution is -2.64. The number of hydrogen-bond acceptors (Lipinski definition) is 15. The van der Waals surface area contributed by atoms with Crippen molar-refractivity contribution in [3.05, 3.63) is 102 Å². The van der Waals surface area contributed by atoms with Crippen molar-refractivity contribution in [3.63, 3.8) is 0 Å². The SMILES string of the molecule is C[C@H](c1ccccc1)[C@@H](N)C(=O)N[C@@H](CS)C(=O)N[C@@H](Cc1ccc(O)cc1)C(=O)N[C@H](Cc1c[nH]c2ccccc12)C(=O)N[C@@H](CCCN=C(N)N)C(=O)N[C@H](C(=O)N[C@H](C(=O)N[C@H](C(N)=O)[C@@H](C)O)C(C)(C)S)[C@@H](C)O. The number of H-pyrrole nitrogens is 1. The number of rotatable bonds is 29. The van der Waals surface area contributed by atoms with Gasteiger partial charge in [0.05, 0.1) is 18.2 Å². The summed E-state index contributed by atoms with van der Waals surface area (Å²) in [6.07, 6.45) is -1.90. The van der Waals surface area contributed by atoms with Gasteiger partial charge in [-0.3, -0.25) is 43.3 Å². The number of guanidine groups is 1. The number of aliphatic imine (C=N–C) groups is 1. The Labute approximate surface area is 462 Å². The van der Waals surface area contributed by atoms with E-state index in [-0.39, 0.29) is 49.7 Å². The number of nitrogens with two attached hydrogens (primary N) is 4. The quantitative estimate of drug-likeness (QED) is 0.0123. The van der Waals surface area contributed by atoms with Crippen molar-refractivity contribution in [2.45, 2.75) is 132 Å². The maximum absolute atomic E-state index is 14.8. The number of nitrogens with zero attached hydrogens (tertiary/aromatic N) is 1. The molecule has 24 nitrogen and oxygen atoms in total. The number of phenolic OH excluding ortho intramolecular Hbond substituents is 1. The van der Waals surface area contributed by atoms with E-state index < -0.39 is 118 Å². The van der Waals surface area contributed by atoms with E-state index in [0.717, 1.165) is 5.56 Å². The first kappa shape index (κ1) is 63.1. The van der Waals surface area contributed by atoms with Gasteiger partial charge in [-0.1, -0.05) is 67.6 Å². The van der Waals surface area contributed by atoms with E-state index >= 15 is 0 Å². The zero-order valence-corrected chi connectivity index (χ0v) is 45.7. The van der Waals surface area contributed by atoms with Gasteiger partial charge in [0.15, 0.2) is 5.96 Å². The largest absolute Gasteiger partial charge is 0.508 e. The number of fused-ring (bicyclic) bond motifs is 1. The average Bonchev–Trinajstić information content (AvgIpc) is 3.81. The Morgan fingerprint density at radius 2 is 1.17 bits per heavy atom. The summed E-state index contributed by atoms with van der Waals surface area (Å²) in [4.78, 5) is 118. The number of thiol groups is 2. The highest BCUT2D eigenvalue weighted by Crippen LogP contribution is 2.22. The second-order valence-electron chi connectivity index (χ2n) is 19.5. The Balaban J connectivity index is 1.68. The Kier molecular flexibility index (Phi) is 23.8. The predicted molar refractivity (Wildman–Crippen MR) is 300 cm³/mol. The molecule has 0 bridgehead atoms. The van der Waals surface area contributed by atoms with E-state index in [4.69, 9.17) is 22.9 Å². The van der Waals surface area contributed by atoms with Gasteiger partial charge in [0.2, 0.25) is 47.3 Å². The summed E-state index contributed by atoms with van der Waals surface area (Å²) in [5.41, 5.74) is 25.3. The number of aromatic nitrogens is 1. The number of aliphatic hydroxyl groups excluding tert-OH is 2. The molecular formula is C52H73N13O11S2. The Bertz CT molecular complexity index is 2740. The molecular weight excluding hydrogens is 1050 g/mol. The second-order valence-corrected chi connectivity index (χ2v) is 21.0. The van der Waals surface area contributed by atoms with Gasteiger partial charge in [-0.25, -0.2) is 0 Å². The van der Waals surface area contributed by atoms with Gasteiger partial charge in [0, 0.05) is 52.9 Å². The lowest BCUT2D eigenvalue weighted by Gasteiger charge is -2.33. The number of aromatic amines is 1. The highest BCUT2D eigenvalue weighted by molar-refractivity contribution is 7.81. The molecule has 0 aliphatic rings. The molecule has 0 saturated heterocycles. The normalized spacial score (nSPS) is 15.7. The fourth-order valence-corrected chi connectivity index (χ4v) is 8.61. The van der Waals surface area contributed by atoms with Gasteiger partial charge in [-0.05, 0) is 75.4 Å². The van der Waals surface area contributed by atoms with E-state index in [1.807, 2.05) is 18.2 Å². The maximum Gasteiger partial charge on any atom is 0.245 e. The first-order valence-corrected chi connectivity index (χ1v) is 26.1. The van der Waals surface area contributed by atoms with Crippen LogP contribution in [0.15, 0.2) is 90.1 Å². The van der Waals surface area contributed by atoms with Crippen molar-refractivity contribution >= 4 is 89.4 Å². The third-order valence-corrected chi connectivity index (χ3v) is 13.3. The van der Waals surface area contributed by atoms with Crippen LogP contribution < -0.4 is 60.2 Å². The zero-order chi connectivity index (χ0) is 58.0. The third kappa shape index (κ3) is 18.7. The van der Waals surface area contributed by atoms with Crippen LogP contribution >= 0.6 is 25.3 Å². The summed E-state index contributed by atoms with van der Waals surface area (Å²) >= 11 is 8.77. The molecule has 1 heterocycles. The van der Waals surface area contributed by atoms with E-state index in [9.17, 15) is 53.7 Å². The number of primary amides is 1. The molecule has 1 aromatic heterocycles. The van der Waals surface area contributed by atoms with Crippen molar-refractivity contribution < 1.29 is 53.7 Å². The van der Waals surface area contributed by atoms with E-state index in [1.165, 1.54) is 52.0 Å². The summed E-state index contributed by atoms with van der Waals surface area (Å²) in [7, 11) is 0. The minimum atomic E-state index is -1.79. The first-order valence-electron chi connectivity index (χ1n) is 25.0. The molecule has 8 amide bonds. The number of benzene rings is 3. The zero-order valence-electron chi connectivity index (χ0n) is 43.9. The summed E-state index contributed by atoms with van der Waals surface area (Å²) in [6, 6.07) is 10.3. The number of carbonyl (C=O) groups is 8. The average molecular weight is 1120 g/mol. The molecule has 0 radical (unpaired) electrons. The number of aromatic hydroxyl groups is 1. The number of amides is 8. The van der Waals surface area contributed by atoms with Crippen LogP contribution in [0.4, 0.5) is 0 Å². The van der Waals surface area contributed by atoms with Crippen molar-refractivity contribution in [2.75, 3.05) is 12.3 Å². The molecule has 11 atom stereocenters. The van der Waals surface area contributed by atoms with Crippen molar-refractivity contribution in [1.82, 2.24) is 42.2 Å².